The van der Waals surface area contributed by atoms with Crippen LogP contribution < -0.4 is 0 Å². The SMILES string of the molecule is c1ccc2cc(-n3c4ccccc4c4c5c6ccccc6n(-c6ccc7ccccc7c6)c5ccc43)ccc2c1. The van der Waals surface area contributed by atoms with Gasteiger partial charge >= 0.3 is 0 Å². The van der Waals surface area contributed by atoms with Gasteiger partial charge in [0.25, 0.3) is 0 Å². The molecule has 2 aromatic heterocycles. The van der Waals surface area contributed by atoms with E-state index in [1.54, 1.807) is 0 Å². The molecular weight excluding hydrogens is 484 g/mol. The summed E-state index contributed by atoms with van der Waals surface area (Å²) >= 11 is 0. The average Bonchev–Trinajstić information content (AvgIpc) is 3.53. The van der Waals surface area contributed by atoms with E-state index >= 15 is 0 Å². The number of nitrogens with zero attached hydrogens (tertiary/aromatic N) is 2. The van der Waals surface area contributed by atoms with Gasteiger partial charge in [-0.2, -0.15) is 0 Å². The Morgan fingerprint density at radius 2 is 0.700 bits per heavy atom. The molecule has 0 spiro atoms. The summed E-state index contributed by atoms with van der Waals surface area (Å²) in [6.45, 7) is 0. The number of para-hydroxylation sites is 2. The lowest BCUT2D eigenvalue weighted by atomic mass is 10.1. The van der Waals surface area contributed by atoms with Gasteiger partial charge < -0.3 is 9.13 Å². The summed E-state index contributed by atoms with van der Waals surface area (Å²) in [5, 5.41) is 10.2. The predicted molar refractivity (Wildman–Crippen MR) is 170 cm³/mol. The number of hydrogen-bond donors (Lipinski definition) is 0. The molecule has 0 fully saturated rings. The van der Waals surface area contributed by atoms with E-state index in [0.717, 1.165) is 0 Å². The van der Waals surface area contributed by atoms with Crippen LogP contribution in [0.3, 0.4) is 0 Å². The van der Waals surface area contributed by atoms with E-state index in [0.29, 0.717) is 0 Å². The van der Waals surface area contributed by atoms with Gasteiger partial charge in [-0.1, -0.05) is 97.1 Å². The molecule has 0 amide bonds. The van der Waals surface area contributed by atoms with Gasteiger partial charge in [0, 0.05) is 32.9 Å². The van der Waals surface area contributed by atoms with E-state index in [1.165, 1.54) is 76.5 Å². The Balaban J connectivity index is 1.43. The molecule has 0 N–H and O–H groups in total. The molecule has 0 saturated carbocycles. The van der Waals surface area contributed by atoms with Gasteiger partial charge in [-0.3, -0.25) is 0 Å². The molecule has 0 atom stereocenters. The van der Waals surface area contributed by atoms with Gasteiger partial charge in [-0.15, -0.1) is 0 Å². The summed E-state index contributed by atoms with van der Waals surface area (Å²) < 4.78 is 4.86. The highest BCUT2D eigenvalue weighted by Crippen LogP contribution is 2.42. The van der Waals surface area contributed by atoms with Crippen LogP contribution in [0.1, 0.15) is 0 Å². The van der Waals surface area contributed by atoms with Crippen molar-refractivity contribution in [2.24, 2.45) is 0 Å². The van der Waals surface area contributed by atoms with E-state index in [-0.39, 0.29) is 0 Å². The molecule has 0 radical (unpaired) electrons. The topological polar surface area (TPSA) is 9.86 Å². The third kappa shape index (κ3) is 2.93. The fourth-order valence-electron chi connectivity index (χ4n) is 6.71. The molecule has 9 rings (SSSR count). The molecule has 0 saturated heterocycles. The van der Waals surface area contributed by atoms with Crippen molar-refractivity contribution in [3.63, 3.8) is 0 Å². The Morgan fingerprint density at radius 3 is 1.18 bits per heavy atom. The first kappa shape index (κ1) is 21.6. The summed E-state index contributed by atoms with van der Waals surface area (Å²) in [6.07, 6.45) is 0. The Hall–Kier alpha value is -5.34. The molecule has 0 aliphatic rings. The van der Waals surface area contributed by atoms with Crippen LogP contribution in [0.25, 0.3) is 76.5 Å². The molecule has 2 heteroatoms. The minimum Gasteiger partial charge on any atom is -0.309 e. The van der Waals surface area contributed by atoms with Crippen molar-refractivity contribution in [2.45, 2.75) is 0 Å². The van der Waals surface area contributed by atoms with Crippen LogP contribution in [0, 0.1) is 0 Å². The van der Waals surface area contributed by atoms with E-state index in [9.17, 15) is 0 Å². The van der Waals surface area contributed by atoms with Gasteiger partial charge in [0.1, 0.15) is 0 Å². The molecule has 7 aromatic carbocycles. The number of fused-ring (bicyclic) bond motifs is 9. The van der Waals surface area contributed by atoms with Crippen LogP contribution in [-0.4, -0.2) is 9.13 Å². The first-order valence-corrected chi connectivity index (χ1v) is 13.8. The maximum absolute atomic E-state index is 2.43. The lowest BCUT2D eigenvalue weighted by Crippen LogP contribution is -1.95. The van der Waals surface area contributed by atoms with Gasteiger partial charge in [-0.25, -0.2) is 0 Å². The van der Waals surface area contributed by atoms with Gasteiger partial charge in [0.05, 0.1) is 22.1 Å². The van der Waals surface area contributed by atoms with E-state index in [2.05, 4.69) is 155 Å². The maximum atomic E-state index is 2.43. The summed E-state index contributed by atoms with van der Waals surface area (Å²) in [7, 11) is 0. The lowest BCUT2D eigenvalue weighted by molar-refractivity contribution is 1.18. The van der Waals surface area contributed by atoms with Crippen LogP contribution in [0.2, 0.25) is 0 Å². The monoisotopic (exact) mass is 508 g/mol. The van der Waals surface area contributed by atoms with Gasteiger partial charge in [0.2, 0.25) is 0 Å². The van der Waals surface area contributed by atoms with Crippen molar-refractivity contribution in [1.29, 1.82) is 0 Å². The molecule has 0 aliphatic heterocycles. The fourth-order valence-corrected chi connectivity index (χ4v) is 6.71. The summed E-state index contributed by atoms with van der Waals surface area (Å²) in [4.78, 5) is 0. The summed E-state index contributed by atoms with van der Waals surface area (Å²) in [5.74, 6) is 0. The zero-order chi connectivity index (χ0) is 26.2. The van der Waals surface area contributed by atoms with Crippen LogP contribution >= 0.6 is 0 Å². The van der Waals surface area contributed by atoms with Crippen molar-refractivity contribution < 1.29 is 0 Å². The largest absolute Gasteiger partial charge is 0.309 e. The Kier molecular flexibility index (Phi) is 4.36. The van der Waals surface area contributed by atoms with Gasteiger partial charge in [-0.05, 0) is 70.1 Å². The number of benzene rings is 7. The Bertz CT molecular complexity index is 2260. The standard InChI is InChI=1S/C38H24N2/c1-3-11-27-23-29(19-17-25(27)9-1)39-33-15-7-5-13-31(33)37-35(39)21-22-36-38(37)32-14-6-8-16-34(32)40(36)30-20-18-26-10-2-4-12-28(26)24-30/h1-24H. The van der Waals surface area contributed by atoms with Crippen LogP contribution in [-0.2, 0) is 0 Å². The Morgan fingerprint density at radius 1 is 0.300 bits per heavy atom. The zero-order valence-electron chi connectivity index (χ0n) is 21.8. The van der Waals surface area contributed by atoms with Gasteiger partial charge in [0.15, 0.2) is 0 Å². The second-order valence-corrected chi connectivity index (χ2v) is 10.6. The third-order valence-electron chi connectivity index (χ3n) is 8.45. The molecule has 0 unspecified atom stereocenters. The fraction of sp³-hybridized carbons (Fsp3) is 0. The Labute approximate surface area is 230 Å². The quantitative estimate of drug-likeness (QED) is 0.220. The highest BCUT2D eigenvalue weighted by molar-refractivity contribution is 6.29. The second-order valence-electron chi connectivity index (χ2n) is 10.6. The van der Waals surface area contributed by atoms with Crippen molar-refractivity contribution in [1.82, 2.24) is 9.13 Å². The summed E-state index contributed by atoms with van der Waals surface area (Å²) in [6, 6.07) is 53.0. The first-order chi connectivity index (χ1) is 19.8. The predicted octanol–water partition coefficient (Wildman–Crippen LogP) is 10.2. The molecule has 9 aromatic rings. The number of hydrogen-bond acceptors (Lipinski definition) is 0. The van der Waals surface area contributed by atoms with Crippen molar-refractivity contribution in [2.75, 3.05) is 0 Å². The van der Waals surface area contributed by atoms with Crippen molar-refractivity contribution in [3.05, 3.63) is 146 Å². The van der Waals surface area contributed by atoms with Crippen molar-refractivity contribution >= 4 is 65.2 Å². The number of aromatic nitrogens is 2. The minimum atomic E-state index is 1.18. The molecule has 0 aliphatic carbocycles. The average molecular weight is 509 g/mol. The molecule has 2 heterocycles. The lowest BCUT2D eigenvalue weighted by Gasteiger charge is -2.11. The minimum absolute atomic E-state index is 1.18. The normalized spacial score (nSPS) is 12.0. The molecule has 186 valence electrons. The van der Waals surface area contributed by atoms with E-state index in [1.807, 2.05) is 0 Å². The highest BCUT2D eigenvalue weighted by Gasteiger charge is 2.20. The van der Waals surface area contributed by atoms with Crippen LogP contribution in [0.4, 0.5) is 0 Å². The van der Waals surface area contributed by atoms with E-state index in [4.69, 9.17) is 0 Å². The summed E-state index contributed by atoms with van der Waals surface area (Å²) in [5.41, 5.74) is 7.27. The molecular formula is C38H24N2. The smallest absolute Gasteiger partial charge is 0.0548 e. The van der Waals surface area contributed by atoms with Crippen LogP contribution in [0.15, 0.2) is 146 Å². The second kappa shape index (κ2) is 8.08. The number of rotatable bonds is 2. The highest BCUT2D eigenvalue weighted by atomic mass is 15.0. The van der Waals surface area contributed by atoms with E-state index < -0.39 is 0 Å². The molecule has 0 bridgehead atoms. The zero-order valence-corrected chi connectivity index (χ0v) is 21.8. The third-order valence-corrected chi connectivity index (χ3v) is 8.45. The maximum Gasteiger partial charge on any atom is 0.0548 e. The van der Waals surface area contributed by atoms with Crippen molar-refractivity contribution in [3.8, 4) is 11.4 Å². The van der Waals surface area contributed by atoms with Crippen LogP contribution in [0.5, 0.6) is 0 Å². The first-order valence-electron chi connectivity index (χ1n) is 13.8. The molecule has 2 nitrogen and oxygen atoms in total. The molecule has 40 heavy (non-hydrogen) atoms.